The van der Waals surface area contributed by atoms with Gasteiger partial charge in [-0.15, -0.1) is 0 Å². The third-order valence-electron chi connectivity index (χ3n) is 5.92. The van der Waals surface area contributed by atoms with Gasteiger partial charge in [-0.2, -0.15) is 0 Å². The van der Waals surface area contributed by atoms with Crippen molar-refractivity contribution in [1.82, 2.24) is 10.2 Å². The molecule has 29 heavy (non-hydrogen) atoms. The van der Waals surface area contributed by atoms with Crippen LogP contribution >= 0.6 is 0 Å². The quantitative estimate of drug-likeness (QED) is 0.361. The molecule has 3 aliphatic rings. The topological polar surface area (TPSA) is 102 Å². The maximum Gasteiger partial charge on any atom is 0.331 e. The highest BCUT2D eigenvalue weighted by Gasteiger charge is 2.49. The average Bonchev–Trinajstić information content (AvgIpc) is 3.29. The van der Waals surface area contributed by atoms with Gasteiger partial charge in [0.25, 0.3) is 11.8 Å². The molecule has 8 heteroatoms. The van der Waals surface area contributed by atoms with Crippen LogP contribution in [0.15, 0.2) is 23.8 Å². The van der Waals surface area contributed by atoms with E-state index in [0.29, 0.717) is 23.1 Å². The first-order valence-electron chi connectivity index (χ1n) is 9.64. The summed E-state index contributed by atoms with van der Waals surface area (Å²) in [6, 6.07) is 3.89. The summed E-state index contributed by atoms with van der Waals surface area (Å²) < 4.78 is 10.3. The number of imide groups is 2. The number of barbiturate groups is 1. The lowest BCUT2D eigenvalue weighted by molar-refractivity contribution is -0.133. The standard InChI is InChI=1S/C21H22N2O6/c1-11(24)29-17-6-4-13(10-18(17)28-2)8-15-19(25)22-21(27)23(20(15)26)16-9-12-3-5-14(16)7-12/h4,6,8,10,12,14,16H,3,5,7,9H2,1-2H3,(H,22,25,27)/b15-8-/t12-,14-,16+/m0/s1. The minimum Gasteiger partial charge on any atom is -0.493 e. The smallest absolute Gasteiger partial charge is 0.331 e. The van der Waals surface area contributed by atoms with Crippen LogP contribution in [0.2, 0.25) is 0 Å². The van der Waals surface area contributed by atoms with E-state index in [1.165, 1.54) is 31.1 Å². The summed E-state index contributed by atoms with van der Waals surface area (Å²) in [5.41, 5.74) is 0.410. The summed E-state index contributed by atoms with van der Waals surface area (Å²) in [4.78, 5) is 50.2. The van der Waals surface area contributed by atoms with E-state index in [1.54, 1.807) is 12.1 Å². The van der Waals surface area contributed by atoms with Crippen molar-refractivity contribution in [2.45, 2.75) is 38.6 Å². The fourth-order valence-corrected chi connectivity index (χ4v) is 4.68. The maximum absolute atomic E-state index is 13.1. The monoisotopic (exact) mass is 398 g/mol. The van der Waals surface area contributed by atoms with Crippen LogP contribution in [0.4, 0.5) is 4.79 Å². The van der Waals surface area contributed by atoms with Gasteiger partial charge in [-0.1, -0.05) is 12.5 Å². The van der Waals surface area contributed by atoms with Crippen molar-refractivity contribution < 1.29 is 28.7 Å². The normalized spacial score (nSPS) is 27.4. The fraction of sp³-hybridized carbons (Fsp3) is 0.429. The van der Waals surface area contributed by atoms with Crippen LogP contribution in [0.3, 0.4) is 0 Å². The molecule has 1 N–H and O–H groups in total. The number of hydrogen-bond donors (Lipinski definition) is 1. The Balaban J connectivity index is 1.63. The number of urea groups is 1. The molecule has 3 fully saturated rings. The molecule has 1 saturated heterocycles. The summed E-state index contributed by atoms with van der Waals surface area (Å²) in [7, 11) is 1.42. The third kappa shape index (κ3) is 3.50. The number of methoxy groups -OCH3 is 1. The van der Waals surface area contributed by atoms with Crippen molar-refractivity contribution in [1.29, 1.82) is 0 Å². The lowest BCUT2D eigenvalue weighted by atomic mass is 9.93. The molecular weight excluding hydrogens is 376 g/mol. The van der Waals surface area contributed by atoms with E-state index in [9.17, 15) is 19.2 Å². The zero-order valence-electron chi connectivity index (χ0n) is 16.3. The fourth-order valence-electron chi connectivity index (χ4n) is 4.68. The van der Waals surface area contributed by atoms with Gasteiger partial charge in [0.2, 0.25) is 0 Å². The van der Waals surface area contributed by atoms with E-state index in [1.807, 2.05) is 0 Å². The Kier molecular flexibility index (Phi) is 4.86. The second-order valence-electron chi connectivity index (χ2n) is 7.74. The van der Waals surface area contributed by atoms with Crippen LogP contribution in [0.25, 0.3) is 6.08 Å². The van der Waals surface area contributed by atoms with Gasteiger partial charge < -0.3 is 9.47 Å². The number of carbonyl (C=O) groups is 4. The summed E-state index contributed by atoms with van der Waals surface area (Å²) in [6.45, 7) is 1.28. The van der Waals surface area contributed by atoms with E-state index >= 15 is 0 Å². The number of rotatable bonds is 4. The molecule has 0 aromatic heterocycles. The molecule has 1 aromatic carbocycles. The van der Waals surface area contributed by atoms with Crippen molar-refractivity contribution in [3.8, 4) is 11.5 Å². The first-order valence-corrected chi connectivity index (χ1v) is 9.64. The van der Waals surface area contributed by atoms with Crippen LogP contribution in [0.1, 0.15) is 38.2 Å². The number of nitrogens with zero attached hydrogens (tertiary/aromatic N) is 1. The van der Waals surface area contributed by atoms with E-state index in [0.717, 1.165) is 25.7 Å². The molecule has 3 atom stereocenters. The Hall–Kier alpha value is -3.16. The van der Waals surface area contributed by atoms with E-state index in [2.05, 4.69) is 5.32 Å². The highest BCUT2D eigenvalue weighted by Crippen LogP contribution is 2.47. The van der Waals surface area contributed by atoms with Crippen molar-refractivity contribution in [2.24, 2.45) is 11.8 Å². The van der Waals surface area contributed by atoms with E-state index < -0.39 is 23.8 Å². The molecule has 2 saturated carbocycles. The Morgan fingerprint density at radius 2 is 1.97 bits per heavy atom. The molecule has 0 unspecified atom stereocenters. The van der Waals surface area contributed by atoms with Crippen LogP contribution in [-0.2, 0) is 14.4 Å². The number of benzene rings is 1. The molecule has 2 aliphatic carbocycles. The highest BCUT2D eigenvalue weighted by atomic mass is 16.6. The van der Waals surface area contributed by atoms with Gasteiger partial charge in [-0.25, -0.2) is 4.79 Å². The van der Waals surface area contributed by atoms with Crippen LogP contribution in [0.5, 0.6) is 11.5 Å². The SMILES string of the molecule is COc1cc(/C=C2/C(=O)NC(=O)N([C@@H]3C[C@H]4CC[C@H]3C4)C2=O)ccc1OC(C)=O. The molecule has 4 rings (SSSR count). The predicted octanol–water partition coefficient (Wildman–Crippen LogP) is 2.27. The number of amides is 4. The van der Waals surface area contributed by atoms with Gasteiger partial charge in [0.05, 0.1) is 7.11 Å². The lowest BCUT2D eigenvalue weighted by Gasteiger charge is -2.35. The number of carbonyl (C=O) groups excluding carboxylic acids is 4. The van der Waals surface area contributed by atoms with Crippen molar-refractivity contribution >= 4 is 29.9 Å². The molecule has 4 amide bonds. The number of fused-ring (bicyclic) bond motifs is 2. The van der Waals surface area contributed by atoms with Gasteiger partial charge in [0.15, 0.2) is 11.5 Å². The zero-order valence-corrected chi connectivity index (χ0v) is 16.3. The van der Waals surface area contributed by atoms with E-state index in [-0.39, 0.29) is 17.4 Å². The Bertz CT molecular complexity index is 937. The van der Waals surface area contributed by atoms with Crippen molar-refractivity contribution in [2.75, 3.05) is 7.11 Å². The summed E-state index contributed by atoms with van der Waals surface area (Å²) in [5.74, 6) is -0.390. The minimum absolute atomic E-state index is 0.102. The molecular formula is C21H22N2O6. The Morgan fingerprint density at radius 1 is 1.17 bits per heavy atom. The number of hydrogen-bond acceptors (Lipinski definition) is 6. The molecule has 1 heterocycles. The lowest BCUT2D eigenvalue weighted by Crippen LogP contribution is -2.58. The van der Waals surface area contributed by atoms with E-state index in [4.69, 9.17) is 9.47 Å². The van der Waals surface area contributed by atoms with Gasteiger partial charge in [-0.05, 0) is 54.9 Å². The Morgan fingerprint density at radius 3 is 2.59 bits per heavy atom. The van der Waals surface area contributed by atoms with Gasteiger partial charge in [0, 0.05) is 13.0 Å². The summed E-state index contributed by atoms with van der Waals surface area (Å²) in [5, 5.41) is 2.29. The van der Waals surface area contributed by atoms with Gasteiger partial charge in [-0.3, -0.25) is 24.6 Å². The second-order valence-corrected chi connectivity index (χ2v) is 7.74. The summed E-state index contributed by atoms with van der Waals surface area (Å²) in [6.07, 6.45) is 5.40. The predicted molar refractivity (Wildman–Crippen MR) is 102 cm³/mol. The van der Waals surface area contributed by atoms with Crippen LogP contribution < -0.4 is 14.8 Å². The van der Waals surface area contributed by atoms with Gasteiger partial charge in [0.1, 0.15) is 5.57 Å². The molecule has 2 bridgehead atoms. The number of esters is 1. The molecule has 8 nitrogen and oxygen atoms in total. The third-order valence-corrected chi connectivity index (χ3v) is 5.92. The number of nitrogens with one attached hydrogen (secondary N) is 1. The minimum atomic E-state index is -0.720. The molecule has 0 radical (unpaired) electrons. The molecule has 0 spiro atoms. The first kappa shape index (κ1) is 19.2. The zero-order chi connectivity index (χ0) is 20.7. The van der Waals surface area contributed by atoms with Gasteiger partial charge >= 0.3 is 12.0 Å². The number of ether oxygens (including phenoxy) is 2. The molecule has 1 aromatic rings. The largest absolute Gasteiger partial charge is 0.493 e. The molecule has 1 aliphatic heterocycles. The van der Waals surface area contributed by atoms with Crippen LogP contribution in [0, 0.1) is 11.8 Å². The first-order chi connectivity index (χ1) is 13.9. The molecule has 152 valence electrons. The van der Waals surface area contributed by atoms with Crippen molar-refractivity contribution in [3.63, 3.8) is 0 Å². The Labute approximate surface area is 167 Å². The van der Waals surface area contributed by atoms with Crippen molar-refractivity contribution in [3.05, 3.63) is 29.3 Å². The summed E-state index contributed by atoms with van der Waals surface area (Å²) >= 11 is 0. The average molecular weight is 398 g/mol. The van der Waals surface area contributed by atoms with Crippen LogP contribution in [-0.4, -0.2) is 41.9 Å². The highest BCUT2D eigenvalue weighted by molar-refractivity contribution is 6.31. The maximum atomic E-state index is 13.1. The second kappa shape index (κ2) is 7.35.